The van der Waals surface area contributed by atoms with E-state index >= 15 is 0 Å². The van der Waals surface area contributed by atoms with Crippen molar-refractivity contribution in [3.8, 4) is 0 Å². The van der Waals surface area contributed by atoms with Crippen LogP contribution in [-0.2, 0) is 27.4 Å². The van der Waals surface area contributed by atoms with Gasteiger partial charge < -0.3 is 5.32 Å². The molecule has 0 bridgehead atoms. The minimum Gasteiger partial charge on any atom is -0.326 e. The van der Waals surface area contributed by atoms with E-state index in [4.69, 9.17) is 0 Å². The van der Waals surface area contributed by atoms with E-state index in [1.807, 2.05) is 0 Å². The maximum atomic E-state index is 12.8. The predicted molar refractivity (Wildman–Crippen MR) is 114 cm³/mol. The lowest BCUT2D eigenvalue weighted by Crippen LogP contribution is -2.16. The number of hydrogen-bond acceptors (Lipinski definition) is 5. The summed E-state index contributed by atoms with van der Waals surface area (Å²) in [6, 6.07) is 14.3. The molecule has 0 heterocycles. The van der Waals surface area contributed by atoms with Gasteiger partial charge in [-0.05, 0) is 48.0 Å². The van der Waals surface area contributed by atoms with E-state index in [1.165, 1.54) is 54.6 Å². The monoisotopic (exact) mass is 479 g/mol. The van der Waals surface area contributed by atoms with Gasteiger partial charge in [0.05, 0.1) is 21.8 Å². The summed E-state index contributed by atoms with van der Waals surface area (Å²) in [5.41, 5.74) is -0.503. The molecule has 33 heavy (non-hydrogen) atoms. The first kappa shape index (κ1) is 23.7. The fraction of sp³-hybridized carbons (Fsp3) is 0.0952. The zero-order valence-corrected chi connectivity index (χ0v) is 17.5. The molecule has 1 amide bonds. The molecule has 8 nitrogen and oxygen atoms in total. The fourth-order valence-corrected chi connectivity index (χ4v) is 3.87. The van der Waals surface area contributed by atoms with Crippen LogP contribution in [0, 0.1) is 10.1 Å². The zero-order chi connectivity index (χ0) is 24.2. The Hall–Kier alpha value is -3.93. The standard InChI is InChI=1S/C21H16F3N3O5S/c22-21(23,24)15-2-1-3-17(13-15)26-33(31,32)19-10-6-16(7-11-19)25-20(28)12-14-4-8-18(9-5-14)27(29)30/h1-11,13,26H,12H2,(H,25,28). The Morgan fingerprint density at radius 1 is 0.939 bits per heavy atom. The Morgan fingerprint density at radius 3 is 2.15 bits per heavy atom. The number of nitrogens with one attached hydrogen (secondary N) is 2. The number of nitro groups is 1. The van der Waals surface area contributed by atoms with Crippen LogP contribution in [0.4, 0.5) is 30.2 Å². The second-order valence-corrected chi connectivity index (χ2v) is 8.54. The molecule has 0 aliphatic heterocycles. The summed E-state index contributed by atoms with van der Waals surface area (Å²) in [4.78, 5) is 22.1. The van der Waals surface area contributed by atoms with Gasteiger partial charge in [0.1, 0.15) is 0 Å². The molecule has 0 saturated heterocycles. The number of halogens is 3. The molecule has 0 unspecified atom stereocenters. The molecule has 0 atom stereocenters. The van der Waals surface area contributed by atoms with E-state index in [2.05, 4.69) is 10.0 Å². The first-order valence-electron chi connectivity index (χ1n) is 9.27. The number of hydrogen-bond donors (Lipinski definition) is 2. The lowest BCUT2D eigenvalue weighted by atomic mass is 10.1. The van der Waals surface area contributed by atoms with Crippen LogP contribution in [0.25, 0.3) is 0 Å². The second-order valence-electron chi connectivity index (χ2n) is 6.86. The van der Waals surface area contributed by atoms with Crippen LogP contribution in [0.5, 0.6) is 0 Å². The van der Waals surface area contributed by atoms with Gasteiger partial charge >= 0.3 is 6.18 Å². The van der Waals surface area contributed by atoms with Crippen molar-refractivity contribution in [3.63, 3.8) is 0 Å². The molecule has 3 rings (SSSR count). The molecular formula is C21H16F3N3O5S. The first-order valence-corrected chi connectivity index (χ1v) is 10.8. The van der Waals surface area contributed by atoms with E-state index in [-0.39, 0.29) is 22.7 Å². The molecule has 0 aliphatic carbocycles. The van der Waals surface area contributed by atoms with Gasteiger partial charge in [-0.15, -0.1) is 0 Å². The molecular weight excluding hydrogens is 463 g/mol. The number of sulfonamides is 1. The number of amides is 1. The minimum absolute atomic E-state index is 0.0604. The number of alkyl halides is 3. The van der Waals surface area contributed by atoms with Gasteiger partial charge in [-0.1, -0.05) is 18.2 Å². The quantitative estimate of drug-likeness (QED) is 0.379. The summed E-state index contributed by atoms with van der Waals surface area (Å²) in [5, 5.41) is 13.2. The van der Waals surface area contributed by atoms with Crippen LogP contribution >= 0.6 is 0 Å². The number of benzene rings is 3. The van der Waals surface area contributed by atoms with Crippen LogP contribution in [0.15, 0.2) is 77.7 Å². The van der Waals surface area contributed by atoms with Crippen molar-refractivity contribution in [1.29, 1.82) is 0 Å². The average molecular weight is 479 g/mol. The number of anilines is 2. The van der Waals surface area contributed by atoms with Crippen molar-refractivity contribution in [2.24, 2.45) is 0 Å². The zero-order valence-electron chi connectivity index (χ0n) is 16.7. The Bertz CT molecular complexity index is 1280. The first-order chi connectivity index (χ1) is 15.4. The molecule has 2 N–H and O–H groups in total. The molecule has 0 saturated carbocycles. The van der Waals surface area contributed by atoms with Gasteiger partial charge in [0.2, 0.25) is 5.91 Å². The molecule has 0 spiro atoms. The van der Waals surface area contributed by atoms with Crippen LogP contribution in [0.2, 0.25) is 0 Å². The Labute approximate surface area is 186 Å². The van der Waals surface area contributed by atoms with Crippen molar-refractivity contribution < 1.29 is 31.3 Å². The fourth-order valence-electron chi connectivity index (χ4n) is 2.82. The summed E-state index contributed by atoms with van der Waals surface area (Å²) in [6.07, 6.45) is -4.68. The summed E-state index contributed by atoms with van der Waals surface area (Å²) >= 11 is 0. The maximum Gasteiger partial charge on any atom is 0.416 e. The van der Waals surface area contributed by atoms with E-state index in [0.717, 1.165) is 12.1 Å². The van der Waals surface area contributed by atoms with Gasteiger partial charge in [-0.2, -0.15) is 13.2 Å². The second kappa shape index (κ2) is 9.28. The number of nitrogens with zero attached hydrogens (tertiary/aromatic N) is 1. The molecule has 12 heteroatoms. The van der Waals surface area contributed by atoms with Crippen LogP contribution in [-0.4, -0.2) is 19.2 Å². The summed E-state index contributed by atoms with van der Waals surface area (Å²) < 4.78 is 65.5. The van der Waals surface area contributed by atoms with Crippen LogP contribution in [0.3, 0.4) is 0 Å². The molecule has 0 radical (unpaired) electrons. The van der Waals surface area contributed by atoms with Gasteiger partial charge in [0.25, 0.3) is 15.7 Å². The molecule has 3 aromatic rings. The van der Waals surface area contributed by atoms with Crippen molar-refractivity contribution in [2.45, 2.75) is 17.5 Å². The molecule has 3 aromatic carbocycles. The van der Waals surface area contributed by atoms with Gasteiger partial charge in [-0.25, -0.2) is 8.42 Å². The van der Waals surface area contributed by atoms with E-state index in [0.29, 0.717) is 17.3 Å². The van der Waals surface area contributed by atoms with Gasteiger partial charge in [-0.3, -0.25) is 19.6 Å². The number of non-ortho nitro benzene ring substituents is 1. The molecule has 172 valence electrons. The summed E-state index contributed by atoms with van der Waals surface area (Å²) in [6.45, 7) is 0. The van der Waals surface area contributed by atoms with Gasteiger partial charge in [0, 0.05) is 23.5 Å². The number of carbonyl (C=O) groups is 1. The third kappa shape index (κ3) is 6.29. The minimum atomic E-state index is -4.62. The smallest absolute Gasteiger partial charge is 0.326 e. The summed E-state index contributed by atoms with van der Waals surface area (Å²) in [7, 11) is -4.17. The summed E-state index contributed by atoms with van der Waals surface area (Å²) in [5.74, 6) is -0.429. The largest absolute Gasteiger partial charge is 0.416 e. The lowest BCUT2D eigenvalue weighted by molar-refractivity contribution is -0.384. The highest BCUT2D eigenvalue weighted by atomic mass is 32.2. The number of carbonyl (C=O) groups excluding carboxylic acids is 1. The topological polar surface area (TPSA) is 118 Å². The van der Waals surface area contributed by atoms with E-state index < -0.39 is 32.6 Å². The third-order valence-corrected chi connectivity index (χ3v) is 5.80. The third-order valence-electron chi connectivity index (χ3n) is 4.40. The molecule has 0 fully saturated rings. The Balaban J connectivity index is 1.65. The van der Waals surface area contributed by atoms with E-state index in [1.54, 1.807) is 0 Å². The normalized spacial score (nSPS) is 11.6. The lowest BCUT2D eigenvalue weighted by Gasteiger charge is -2.12. The molecule has 0 aromatic heterocycles. The van der Waals surface area contributed by atoms with Crippen molar-refractivity contribution in [1.82, 2.24) is 0 Å². The van der Waals surface area contributed by atoms with Crippen LogP contribution in [0.1, 0.15) is 11.1 Å². The van der Waals surface area contributed by atoms with E-state index in [9.17, 15) is 36.5 Å². The maximum absolute atomic E-state index is 12.8. The van der Waals surface area contributed by atoms with Crippen molar-refractivity contribution in [3.05, 3.63) is 94.0 Å². The predicted octanol–water partition coefficient (Wildman–Crippen LogP) is 4.60. The molecule has 0 aliphatic rings. The Kier molecular flexibility index (Phi) is 6.68. The highest BCUT2D eigenvalue weighted by Gasteiger charge is 2.30. The Morgan fingerprint density at radius 2 is 1.58 bits per heavy atom. The van der Waals surface area contributed by atoms with Gasteiger partial charge in [0.15, 0.2) is 0 Å². The van der Waals surface area contributed by atoms with Crippen LogP contribution < -0.4 is 10.0 Å². The highest BCUT2D eigenvalue weighted by Crippen LogP contribution is 2.31. The number of nitro benzene ring substituents is 1. The number of rotatable bonds is 7. The average Bonchev–Trinajstić information content (AvgIpc) is 2.74. The van der Waals surface area contributed by atoms with Crippen molar-refractivity contribution in [2.75, 3.05) is 10.0 Å². The van der Waals surface area contributed by atoms with Crippen molar-refractivity contribution >= 4 is 33.0 Å². The highest BCUT2D eigenvalue weighted by molar-refractivity contribution is 7.92. The SMILES string of the molecule is O=C(Cc1ccc([N+](=O)[O-])cc1)Nc1ccc(S(=O)(=O)Nc2cccc(C(F)(F)F)c2)cc1.